The highest BCUT2D eigenvalue weighted by Crippen LogP contribution is 2.28. The number of nitrogens with zero attached hydrogens (tertiary/aromatic N) is 1. The number of ether oxygens (including phenoxy) is 1. The van der Waals surface area contributed by atoms with E-state index in [9.17, 15) is 0 Å². The molecule has 0 fully saturated rings. The lowest BCUT2D eigenvalue weighted by Crippen LogP contribution is -1.97. The van der Waals surface area contributed by atoms with Gasteiger partial charge in [-0.05, 0) is 24.3 Å². The van der Waals surface area contributed by atoms with Crippen LogP contribution < -0.4 is 4.74 Å². The van der Waals surface area contributed by atoms with E-state index in [0.717, 1.165) is 34.1 Å². The van der Waals surface area contributed by atoms with Crippen LogP contribution >= 0.6 is 11.6 Å². The summed E-state index contributed by atoms with van der Waals surface area (Å²) >= 11 is 6.03. The van der Waals surface area contributed by atoms with Crippen LogP contribution in [0.1, 0.15) is 5.69 Å². The Bertz CT molecular complexity index is 980. The second-order valence-corrected chi connectivity index (χ2v) is 6.32. The lowest BCUT2D eigenvalue weighted by molar-refractivity contribution is 0.302. The predicted molar refractivity (Wildman–Crippen MR) is 105 cm³/mol. The van der Waals surface area contributed by atoms with E-state index in [1.165, 1.54) is 0 Å². The van der Waals surface area contributed by atoms with E-state index in [-0.39, 0.29) is 0 Å². The molecule has 0 amide bonds. The number of rotatable bonds is 5. The van der Waals surface area contributed by atoms with Crippen LogP contribution in [0.15, 0.2) is 84.9 Å². The van der Waals surface area contributed by atoms with Gasteiger partial charge in [-0.25, -0.2) is 4.98 Å². The summed E-state index contributed by atoms with van der Waals surface area (Å²) in [6.07, 6.45) is 0. The Hall–Kier alpha value is -3.04. The molecule has 0 aliphatic heterocycles. The summed E-state index contributed by atoms with van der Waals surface area (Å²) in [7, 11) is 0. The molecule has 0 aliphatic carbocycles. The molecule has 3 nitrogen and oxygen atoms in total. The first-order valence-corrected chi connectivity index (χ1v) is 8.75. The monoisotopic (exact) mass is 360 g/mol. The normalized spacial score (nSPS) is 10.7. The van der Waals surface area contributed by atoms with E-state index in [0.29, 0.717) is 11.6 Å². The number of H-pyrrole nitrogens is 1. The Labute approximate surface area is 157 Å². The quantitative estimate of drug-likeness (QED) is 0.475. The van der Waals surface area contributed by atoms with Crippen molar-refractivity contribution in [1.82, 2.24) is 9.97 Å². The van der Waals surface area contributed by atoms with Crippen LogP contribution in [0.5, 0.6) is 5.75 Å². The van der Waals surface area contributed by atoms with Gasteiger partial charge in [0, 0.05) is 16.1 Å². The summed E-state index contributed by atoms with van der Waals surface area (Å²) in [4.78, 5) is 8.22. The third-order valence-electron chi connectivity index (χ3n) is 4.08. The molecular formula is C22H17ClN2O. The lowest BCUT2D eigenvalue weighted by atomic mass is 10.1. The van der Waals surface area contributed by atoms with E-state index in [2.05, 4.69) is 4.98 Å². The van der Waals surface area contributed by atoms with E-state index < -0.39 is 0 Å². The van der Waals surface area contributed by atoms with Gasteiger partial charge < -0.3 is 9.72 Å². The number of hydrogen-bond donors (Lipinski definition) is 1. The maximum atomic E-state index is 6.03. The van der Waals surface area contributed by atoms with E-state index in [4.69, 9.17) is 21.3 Å². The molecule has 0 saturated heterocycles. The molecule has 4 aromatic rings. The van der Waals surface area contributed by atoms with Crippen molar-refractivity contribution >= 4 is 11.6 Å². The van der Waals surface area contributed by atoms with Gasteiger partial charge in [0.15, 0.2) is 0 Å². The van der Waals surface area contributed by atoms with E-state index in [1.54, 1.807) is 0 Å². The van der Waals surface area contributed by atoms with Crippen molar-refractivity contribution in [2.45, 2.75) is 6.61 Å². The maximum absolute atomic E-state index is 6.03. The van der Waals surface area contributed by atoms with Gasteiger partial charge in [-0.3, -0.25) is 0 Å². The Morgan fingerprint density at radius 2 is 1.42 bits per heavy atom. The molecule has 0 bridgehead atoms. The van der Waals surface area contributed by atoms with Crippen LogP contribution in [0.3, 0.4) is 0 Å². The average molecular weight is 361 g/mol. The summed E-state index contributed by atoms with van der Waals surface area (Å²) < 4.78 is 5.92. The second kappa shape index (κ2) is 7.46. The number of nitrogens with one attached hydrogen (secondary N) is 1. The molecule has 1 aromatic heterocycles. The zero-order valence-corrected chi connectivity index (χ0v) is 14.8. The third-order valence-corrected chi connectivity index (χ3v) is 4.33. The van der Waals surface area contributed by atoms with Crippen molar-refractivity contribution in [1.29, 1.82) is 0 Å². The van der Waals surface area contributed by atoms with Crippen LogP contribution in [0.25, 0.3) is 22.6 Å². The van der Waals surface area contributed by atoms with Crippen LogP contribution in [0, 0.1) is 0 Å². The Balaban J connectivity index is 1.70. The van der Waals surface area contributed by atoms with Gasteiger partial charge >= 0.3 is 0 Å². The fraction of sp³-hybridized carbons (Fsp3) is 0.0455. The summed E-state index contributed by atoms with van der Waals surface area (Å²) in [5.74, 6) is 1.64. The standard InChI is InChI=1S/C22H17ClN2O/c23-18-13-11-16(12-14-18)21-20(15-26-19-9-5-2-6-10-19)24-22(25-21)17-7-3-1-4-8-17/h1-14H,15H2,(H,24,25). The van der Waals surface area contributed by atoms with Gasteiger partial charge in [0.25, 0.3) is 0 Å². The smallest absolute Gasteiger partial charge is 0.138 e. The number of aromatic nitrogens is 2. The first kappa shape index (κ1) is 16.4. The summed E-state index contributed by atoms with van der Waals surface area (Å²) in [6, 6.07) is 27.5. The molecule has 0 saturated carbocycles. The average Bonchev–Trinajstić information content (AvgIpc) is 3.13. The fourth-order valence-corrected chi connectivity index (χ4v) is 2.90. The van der Waals surface area contributed by atoms with Gasteiger partial charge in [-0.1, -0.05) is 72.3 Å². The van der Waals surface area contributed by atoms with E-state index >= 15 is 0 Å². The first-order chi connectivity index (χ1) is 12.8. The summed E-state index contributed by atoms with van der Waals surface area (Å²) in [5.41, 5.74) is 3.86. The van der Waals surface area contributed by atoms with Crippen molar-refractivity contribution in [3.63, 3.8) is 0 Å². The Kier molecular flexibility index (Phi) is 4.71. The molecule has 0 spiro atoms. The minimum atomic E-state index is 0.380. The SMILES string of the molecule is Clc1ccc(-c2[nH]c(-c3ccccc3)nc2COc2ccccc2)cc1. The molecule has 1 N–H and O–H groups in total. The van der Waals surface area contributed by atoms with E-state index in [1.807, 2.05) is 84.9 Å². The van der Waals surface area contributed by atoms with Crippen LogP contribution in [-0.2, 0) is 6.61 Å². The molecule has 26 heavy (non-hydrogen) atoms. The van der Waals surface area contributed by atoms with Crippen molar-refractivity contribution in [2.75, 3.05) is 0 Å². The second-order valence-electron chi connectivity index (χ2n) is 5.88. The van der Waals surface area contributed by atoms with Crippen LogP contribution in [-0.4, -0.2) is 9.97 Å². The molecule has 1 heterocycles. The number of imidazole rings is 1. The molecule has 0 unspecified atom stereocenters. The van der Waals surface area contributed by atoms with Gasteiger partial charge in [0.05, 0.1) is 5.69 Å². The highest BCUT2D eigenvalue weighted by Gasteiger charge is 2.14. The topological polar surface area (TPSA) is 37.9 Å². The van der Waals surface area contributed by atoms with Gasteiger partial charge in [0.1, 0.15) is 23.9 Å². The van der Waals surface area contributed by atoms with Gasteiger partial charge in [-0.15, -0.1) is 0 Å². The highest BCUT2D eigenvalue weighted by atomic mass is 35.5. The minimum absolute atomic E-state index is 0.380. The fourth-order valence-electron chi connectivity index (χ4n) is 2.77. The van der Waals surface area contributed by atoms with Crippen LogP contribution in [0.4, 0.5) is 0 Å². The molecule has 128 valence electrons. The van der Waals surface area contributed by atoms with Gasteiger partial charge in [-0.2, -0.15) is 0 Å². The minimum Gasteiger partial charge on any atom is -0.487 e. The molecular weight excluding hydrogens is 344 g/mol. The predicted octanol–water partition coefficient (Wildman–Crippen LogP) is 5.98. The van der Waals surface area contributed by atoms with Crippen molar-refractivity contribution in [3.8, 4) is 28.4 Å². The molecule has 0 radical (unpaired) electrons. The molecule has 0 aliphatic rings. The molecule has 0 atom stereocenters. The highest BCUT2D eigenvalue weighted by molar-refractivity contribution is 6.30. The number of aromatic amines is 1. The number of benzene rings is 3. The Morgan fingerprint density at radius 3 is 2.12 bits per heavy atom. The molecule has 4 heteroatoms. The first-order valence-electron chi connectivity index (χ1n) is 8.38. The van der Waals surface area contributed by atoms with Crippen LogP contribution in [0.2, 0.25) is 5.02 Å². The zero-order valence-electron chi connectivity index (χ0n) is 14.0. The van der Waals surface area contributed by atoms with Crippen molar-refractivity contribution in [3.05, 3.63) is 95.6 Å². The summed E-state index contributed by atoms with van der Waals surface area (Å²) in [6.45, 7) is 0.380. The number of halogens is 1. The number of para-hydroxylation sites is 1. The summed E-state index contributed by atoms with van der Waals surface area (Å²) in [5, 5.41) is 0.707. The number of hydrogen-bond acceptors (Lipinski definition) is 2. The zero-order chi connectivity index (χ0) is 17.8. The van der Waals surface area contributed by atoms with Gasteiger partial charge in [0.2, 0.25) is 0 Å². The maximum Gasteiger partial charge on any atom is 0.138 e. The van der Waals surface area contributed by atoms with Crippen molar-refractivity contribution < 1.29 is 4.74 Å². The largest absolute Gasteiger partial charge is 0.487 e. The lowest BCUT2D eigenvalue weighted by Gasteiger charge is -2.06. The molecule has 4 rings (SSSR count). The third kappa shape index (κ3) is 3.63. The van der Waals surface area contributed by atoms with Crippen molar-refractivity contribution in [2.24, 2.45) is 0 Å². The Morgan fingerprint density at radius 1 is 0.769 bits per heavy atom. The molecule has 3 aromatic carbocycles.